The van der Waals surface area contributed by atoms with E-state index in [1.165, 1.54) is 76.8 Å². The molecule has 2 aromatic heterocycles. The Hall–Kier alpha value is -6.20. The zero-order valence-corrected chi connectivity index (χ0v) is 29.3. The van der Waals surface area contributed by atoms with Crippen LogP contribution in [0, 0.1) is 0 Å². The van der Waals surface area contributed by atoms with E-state index in [1.54, 1.807) is 0 Å². The predicted molar refractivity (Wildman–Crippen MR) is 221 cm³/mol. The van der Waals surface area contributed by atoms with Crippen molar-refractivity contribution in [2.24, 2.45) is 0 Å². The van der Waals surface area contributed by atoms with Gasteiger partial charge in [0, 0.05) is 44.3 Å². The minimum Gasteiger partial charge on any atom is -0.454 e. The summed E-state index contributed by atoms with van der Waals surface area (Å²) >= 11 is 0. The number of para-hydroxylation sites is 6. The quantitative estimate of drug-likeness (QED) is 0.174. The van der Waals surface area contributed by atoms with Gasteiger partial charge in [-0.25, -0.2) is 0 Å². The van der Waals surface area contributed by atoms with Crippen molar-refractivity contribution in [1.82, 2.24) is 0 Å². The molecule has 7 aromatic carbocycles. The SMILES string of the molecule is c1ccc2c(c1)B1c3ccccc3N(c3cccc4c3oc3ccccc34)c3cc(C4CCCCC4)cc(c31)N2c1cccc2c1oc1ccccc12. The van der Waals surface area contributed by atoms with Crippen LogP contribution in [0.15, 0.2) is 154 Å². The fourth-order valence-electron chi connectivity index (χ4n) is 9.93. The van der Waals surface area contributed by atoms with Gasteiger partial charge in [0.2, 0.25) is 0 Å². The number of anilines is 6. The van der Waals surface area contributed by atoms with Gasteiger partial charge in [0.05, 0.1) is 11.4 Å². The van der Waals surface area contributed by atoms with E-state index in [1.807, 2.05) is 0 Å². The second-order valence-corrected chi connectivity index (χ2v) is 15.0. The van der Waals surface area contributed by atoms with Gasteiger partial charge >= 0.3 is 0 Å². The molecule has 0 amide bonds. The van der Waals surface area contributed by atoms with Crippen molar-refractivity contribution in [3.63, 3.8) is 0 Å². The Labute approximate surface area is 307 Å². The molecule has 0 N–H and O–H groups in total. The summed E-state index contributed by atoms with van der Waals surface area (Å²) in [6.45, 7) is 0.0602. The highest BCUT2D eigenvalue weighted by molar-refractivity contribution is 7.00. The summed E-state index contributed by atoms with van der Waals surface area (Å²) in [6, 6.07) is 53.2. The van der Waals surface area contributed by atoms with E-state index in [9.17, 15) is 0 Å². The maximum atomic E-state index is 6.77. The van der Waals surface area contributed by atoms with Crippen molar-refractivity contribution >= 4 is 101 Å². The average molecular weight is 683 g/mol. The summed E-state index contributed by atoms with van der Waals surface area (Å²) in [4.78, 5) is 5.02. The molecule has 12 rings (SSSR count). The summed E-state index contributed by atoms with van der Waals surface area (Å²) in [5, 5.41) is 4.56. The third-order valence-corrected chi connectivity index (χ3v) is 12.2. The van der Waals surface area contributed by atoms with E-state index in [4.69, 9.17) is 8.83 Å². The van der Waals surface area contributed by atoms with E-state index in [0.717, 1.165) is 55.3 Å². The highest BCUT2D eigenvalue weighted by atomic mass is 16.3. The van der Waals surface area contributed by atoms with Crippen LogP contribution in [0.25, 0.3) is 43.9 Å². The van der Waals surface area contributed by atoms with Crippen molar-refractivity contribution in [3.8, 4) is 0 Å². The summed E-state index contributed by atoms with van der Waals surface area (Å²) in [5.74, 6) is 0.505. The molecule has 0 spiro atoms. The van der Waals surface area contributed by atoms with Crippen molar-refractivity contribution in [2.45, 2.75) is 38.0 Å². The predicted octanol–water partition coefficient (Wildman–Crippen LogP) is 11.6. The Bertz CT molecular complexity index is 2750. The van der Waals surface area contributed by atoms with E-state index in [0.29, 0.717) is 5.92 Å². The van der Waals surface area contributed by atoms with Crippen molar-refractivity contribution < 1.29 is 8.83 Å². The first kappa shape index (κ1) is 29.4. The van der Waals surface area contributed by atoms with Gasteiger partial charge in [-0.1, -0.05) is 116 Å². The zero-order valence-electron chi connectivity index (χ0n) is 29.3. The van der Waals surface area contributed by atoms with E-state index >= 15 is 0 Å². The average Bonchev–Trinajstić information content (AvgIpc) is 3.80. The van der Waals surface area contributed by atoms with Crippen LogP contribution in [0.2, 0.25) is 0 Å². The second-order valence-electron chi connectivity index (χ2n) is 15.0. The second kappa shape index (κ2) is 11.2. The molecule has 4 nitrogen and oxygen atoms in total. The Balaban J connectivity index is 1.20. The van der Waals surface area contributed by atoms with Crippen LogP contribution < -0.4 is 26.2 Å². The molecule has 252 valence electrons. The summed E-state index contributed by atoms with van der Waals surface area (Å²) in [6.07, 6.45) is 6.29. The molecule has 2 aliphatic heterocycles. The molecule has 1 saturated carbocycles. The Morgan fingerprint density at radius 2 is 0.887 bits per heavy atom. The topological polar surface area (TPSA) is 32.8 Å². The third-order valence-electron chi connectivity index (χ3n) is 12.2. The largest absolute Gasteiger partial charge is 0.454 e. The van der Waals surface area contributed by atoms with Gasteiger partial charge in [-0.15, -0.1) is 0 Å². The Kier molecular flexibility index (Phi) is 6.18. The zero-order chi connectivity index (χ0) is 34.6. The Morgan fingerprint density at radius 3 is 1.43 bits per heavy atom. The lowest BCUT2D eigenvalue weighted by Gasteiger charge is -2.44. The number of benzene rings is 7. The van der Waals surface area contributed by atoms with Crippen LogP contribution in [0.1, 0.15) is 43.6 Å². The van der Waals surface area contributed by atoms with E-state index in [-0.39, 0.29) is 6.71 Å². The van der Waals surface area contributed by atoms with Crippen LogP contribution >= 0.6 is 0 Å². The third kappa shape index (κ3) is 4.13. The van der Waals surface area contributed by atoms with Crippen molar-refractivity contribution in [2.75, 3.05) is 9.80 Å². The van der Waals surface area contributed by atoms with E-state index in [2.05, 4.69) is 155 Å². The van der Waals surface area contributed by atoms with Gasteiger partial charge in [0.1, 0.15) is 11.2 Å². The minimum absolute atomic E-state index is 0.0602. The highest BCUT2D eigenvalue weighted by Gasteiger charge is 2.44. The monoisotopic (exact) mass is 682 g/mol. The molecule has 4 heterocycles. The van der Waals surface area contributed by atoms with Gasteiger partial charge < -0.3 is 18.6 Å². The van der Waals surface area contributed by atoms with Gasteiger partial charge in [0.25, 0.3) is 6.71 Å². The minimum atomic E-state index is 0.0602. The Morgan fingerprint density at radius 1 is 0.434 bits per heavy atom. The molecule has 9 aromatic rings. The molecular formula is C48H35BN2O2. The summed E-state index contributed by atoms with van der Waals surface area (Å²) in [5.41, 5.74) is 16.0. The first-order valence-corrected chi connectivity index (χ1v) is 19.1. The molecule has 0 atom stereocenters. The molecular weight excluding hydrogens is 647 g/mol. The number of nitrogens with zero attached hydrogens (tertiary/aromatic N) is 2. The van der Waals surface area contributed by atoms with Crippen LogP contribution in [-0.4, -0.2) is 6.71 Å². The standard InChI is InChI=1S/C48H35BN2O2/c1-2-14-30(15-3-1)31-28-42-46-43(29-31)51(41-25-13-19-35-33-17-5-11-27-45(33)53-48(35)41)39-23-9-7-21-37(39)49(46)36-20-6-8-22-38(36)50(42)40-24-12-18-34-32-16-4-10-26-44(32)52-47(34)40/h4-13,16-30H,1-3,14-15H2. The molecule has 0 saturated heterocycles. The van der Waals surface area contributed by atoms with Gasteiger partial charge in [0.15, 0.2) is 11.2 Å². The fourth-order valence-corrected chi connectivity index (χ4v) is 9.93. The lowest BCUT2D eigenvalue weighted by molar-refractivity contribution is 0.444. The van der Waals surface area contributed by atoms with Crippen LogP contribution in [-0.2, 0) is 0 Å². The number of furan rings is 2. The lowest BCUT2D eigenvalue weighted by atomic mass is 9.33. The maximum absolute atomic E-state index is 6.77. The normalized spacial score (nSPS) is 15.4. The molecule has 1 fully saturated rings. The van der Waals surface area contributed by atoms with Crippen molar-refractivity contribution in [1.29, 1.82) is 0 Å². The summed E-state index contributed by atoms with van der Waals surface area (Å²) < 4.78 is 13.5. The summed E-state index contributed by atoms with van der Waals surface area (Å²) in [7, 11) is 0. The first-order valence-electron chi connectivity index (χ1n) is 19.1. The van der Waals surface area contributed by atoms with Gasteiger partial charge in [-0.2, -0.15) is 0 Å². The van der Waals surface area contributed by atoms with Crippen molar-refractivity contribution in [3.05, 3.63) is 151 Å². The molecule has 3 aliphatic rings. The van der Waals surface area contributed by atoms with Gasteiger partial charge in [-0.3, -0.25) is 0 Å². The maximum Gasteiger partial charge on any atom is 0.252 e. The van der Waals surface area contributed by atoms with Crippen LogP contribution in [0.3, 0.4) is 0 Å². The number of fused-ring (bicyclic) bond motifs is 10. The fraction of sp³-hybridized carbons (Fsp3) is 0.125. The molecule has 1 aliphatic carbocycles. The lowest BCUT2D eigenvalue weighted by Crippen LogP contribution is -2.61. The molecule has 0 bridgehead atoms. The molecule has 0 radical (unpaired) electrons. The van der Waals surface area contributed by atoms with Crippen LogP contribution in [0.5, 0.6) is 0 Å². The first-order chi connectivity index (χ1) is 26.3. The van der Waals surface area contributed by atoms with Gasteiger partial charge in [-0.05, 0) is 89.2 Å². The molecule has 5 heteroatoms. The van der Waals surface area contributed by atoms with E-state index < -0.39 is 0 Å². The molecule has 0 unspecified atom stereocenters. The number of hydrogen-bond donors (Lipinski definition) is 0. The number of hydrogen-bond acceptors (Lipinski definition) is 4. The number of rotatable bonds is 3. The smallest absolute Gasteiger partial charge is 0.252 e. The van der Waals surface area contributed by atoms with Crippen LogP contribution in [0.4, 0.5) is 34.1 Å². The highest BCUT2D eigenvalue weighted by Crippen LogP contribution is 2.50. The molecule has 53 heavy (non-hydrogen) atoms.